The number of hydrogen-bond acceptors (Lipinski definition) is 3. The molecular formula is C15H17BrF2N4OS. The van der Waals surface area contributed by atoms with Crippen LogP contribution < -0.4 is 15.4 Å². The Balaban J connectivity index is 2.03. The molecule has 1 aromatic heterocycles. The lowest BCUT2D eigenvalue weighted by molar-refractivity contribution is -0.0493. The van der Waals surface area contributed by atoms with Crippen molar-refractivity contribution in [3.63, 3.8) is 0 Å². The molecule has 0 atom stereocenters. The van der Waals surface area contributed by atoms with Gasteiger partial charge in [0, 0.05) is 6.54 Å². The van der Waals surface area contributed by atoms with E-state index in [4.69, 9.17) is 12.2 Å². The molecule has 0 fully saturated rings. The van der Waals surface area contributed by atoms with Crippen LogP contribution in [0.4, 0.5) is 14.5 Å². The van der Waals surface area contributed by atoms with E-state index >= 15 is 0 Å². The maximum atomic E-state index is 12.5. The van der Waals surface area contributed by atoms with E-state index in [1.165, 1.54) is 6.07 Å². The van der Waals surface area contributed by atoms with E-state index in [2.05, 4.69) is 36.4 Å². The van der Waals surface area contributed by atoms with Gasteiger partial charge in [-0.1, -0.05) is 6.07 Å². The molecule has 130 valence electrons. The number of hydrogen-bond donors (Lipinski definition) is 2. The van der Waals surface area contributed by atoms with E-state index in [-0.39, 0.29) is 5.75 Å². The highest BCUT2D eigenvalue weighted by molar-refractivity contribution is 9.10. The number of ether oxygens (including phenoxy) is 1. The zero-order valence-electron chi connectivity index (χ0n) is 13.1. The van der Waals surface area contributed by atoms with Gasteiger partial charge in [0.1, 0.15) is 5.75 Å². The summed E-state index contributed by atoms with van der Waals surface area (Å²) in [4.78, 5) is 0. The van der Waals surface area contributed by atoms with Crippen LogP contribution in [0.3, 0.4) is 0 Å². The van der Waals surface area contributed by atoms with Crippen LogP contribution in [-0.4, -0.2) is 21.5 Å². The molecule has 0 saturated heterocycles. The molecule has 0 spiro atoms. The predicted molar refractivity (Wildman–Crippen MR) is 96.5 cm³/mol. The van der Waals surface area contributed by atoms with E-state index in [0.717, 1.165) is 22.3 Å². The standard InChI is InChI=1S/C15H17BrF2N4OS/c1-3-22-12(10(16)7-20-22)8-19-15(24)21-11-5-4-9(2)6-13(11)23-14(17)18/h4-7,14H,3,8H2,1-2H3,(H2,19,21,24). The second kappa shape index (κ2) is 8.39. The third-order valence-electron chi connectivity index (χ3n) is 3.22. The molecule has 2 N–H and O–H groups in total. The monoisotopic (exact) mass is 418 g/mol. The Morgan fingerprint density at radius 1 is 1.46 bits per heavy atom. The first-order valence-electron chi connectivity index (χ1n) is 7.21. The van der Waals surface area contributed by atoms with Crippen molar-refractivity contribution >= 4 is 38.9 Å². The van der Waals surface area contributed by atoms with Crippen molar-refractivity contribution < 1.29 is 13.5 Å². The van der Waals surface area contributed by atoms with Crippen molar-refractivity contribution in [2.24, 2.45) is 0 Å². The summed E-state index contributed by atoms with van der Waals surface area (Å²) in [5.41, 5.74) is 2.13. The minimum Gasteiger partial charge on any atom is -0.433 e. The number of alkyl halides is 2. The smallest absolute Gasteiger partial charge is 0.387 e. The van der Waals surface area contributed by atoms with Gasteiger partial charge in [0.2, 0.25) is 0 Å². The Morgan fingerprint density at radius 3 is 2.88 bits per heavy atom. The van der Waals surface area contributed by atoms with Crippen LogP contribution in [0.25, 0.3) is 0 Å². The first-order chi connectivity index (χ1) is 11.4. The fourth-order valence-corrected chi connectivity index (χ4v) is 2.71. The molecule has 5 nitrogen and oxygen atoms in total. The van der Waals surface area contributed by atoms with E-state index in [9.17, 15) is 8.78 Å². The van der Waals surface area contributed by atoms with Gasteiger partial charge in [0.15, 0.2) is 5.11 Å². The number of rotatable bonds is 6. The average molecular weight is 419 g/mol. The van der Waals surface area contributed by atoms with Crippen molar-refractivity contribution in [3.05, 3.63) is 40.1 Å². The van der Waals surface area contributed by atoms with Gasteiger partial charge in [-0.3, -0.25) is 4.68 Å². The zero-order chi connectivity index (χ0) is 17.7. The van der Waals surface area contributed by atoms with E-state index in [0.29, 0.717) is 17.3 Å². The molecule has 0 aliphatic rings. The summed E-state index contributed by atoms with van der Waals surface area (Å²) >= 11 is 8.66. The molecule has 0 saturated carbocycles. The van der Waals surface area contributed by atoms with Crippen LogP contribution in [-0.2, 0) is 13.1 Å². The fraction of sp³-hybridized carbons (Fsp3) is 0.333. The van der Waals surface area contributed by atoms with Crippen LogP contribution in [0.1, 0.15) is 18.2 Å². The number of thiocarbonyl (C=S) groups is 1. The molecule has 2 aromatic rings. The third kappa shape index (κ3) is 4.88. The number of anilines is 1. The first-order valence-corrected chi connectivity index (χ1v) is 8.41. The molecule has 0 bridgehead atoms. The topological polar surface area (TPSA) is 51.1 Å². The van der Waals surface area contributed by atoms with Gasteiger partial charge in [-0.15, -0.1) is 0 Å². The molecule has 1 aromatic carbocycles. The quantitative estimate of drug-likeness (QED) is 0.692. The number of nitrogens with zero attached hydrogens (tertiary/aromatic N) is 2. The lowest BCUT2D eigenvalue weighted by atomic mass is 10.2. The SMILES string of the molecule is CCn1ncc(Br)c1CNC(=S)Nc1ccc(C)cc1OC(F)F. The summed E-state index contributed by atoms with van der Waals surface area (Å²) in [6, 6.07) is 4.96. The van der Waals surface area contributed by atoms with Crippen molar-refractivity contribution in [2.75, 3.05) is 5.32 Å². The van der Waals surface area contributed by atoms with Crippen molar-refractivity contribution in [2.45, 2.75) is 33.5 Å². The molecule has 2 rings (SSSR count). The minimum atomic E-state index is -2.90. The number of nitrogens with one attached hydrogen (secondary N) is 2. The molecular weight excluding hydrogens is 402 g/mol. The number of benzene rings is 1. The molecule has 0 amide bonds. The molecule has 9 heteroatoms. The summed E-state index contributed by atoms with van der Waals surface area (Å²) in [7, 11) is 0. The largest absolute Gasteiger partial charge is 0.433 e. The number of aromatic nitrogens is 2. The number of halogens is 3. The van der Waals surface area contributed by atoms with E-state index in [1.807, 2.05) is 11.6 Å². The Labute approximate surface area is 152 Å². The predicted octanol–water partition coefficient (Wildman–Crippen LogP) is 4.06. The second-order valence-electron chi connectivity index (χ2n) is 4.94. The van der Waals surface area contributed by atoms with Gasteiger partial charge in [-0.2, -0.15) is 13.9 Å². The summed E-state index contributed by atoms with van der Waals surface area (Å²) in [6.45, 7) is 2.05. The summed E-state index contributed by atoms with van der Waals surface area (Å²) < 4.78 is 32.3. The van der Waals surface area contributed by atoms with Gasteiger partial charge >= 0.3 is 6.61 Å². The molecule has 24 heavy (non-hydrogen) atoms. The van der Waals surface area contributed by atoms with Crippen molar-refractivity contribution in [1.82, 2.24) is 15.1 Å². The van der Waals surface area contributed by atoms with Crippen molar-refractivity contribution in [1.29, 1.82) is 0 Å². The molecule has 0 unspecified atom stereocenters. The molecule has 0 radical (unpaired) electrons. The summed E-state index contributed by atoms with van der Waals surface area (Å²) in [6.07, 6.45) is 1.71. The van der Waals surface area contributed by atoms with Crippen LogP contribution in [0.5, 0.6) is 5.75 Å². The highest BCUT2D eigenvalue weighted by atomic mass is 79.9. The molecule has 1 heterocycles. The van der Waals surface area contributed by atoms with Gasteiger partial charge in [0.25, 0.3) is 0 Å². The lowest BCUT2D eigenvalue weighted by Gasteiger charge is -2.15. The van der Waals surface area contributed by atoms with Crippen LogP contribution >= 0.6 is 28.1 Å². The average Bonchev–Trinajstić information content (AvgIpc) is 2.87. The van der Waals surface area contributed by atoms with Gasteiger partial charge in [-0.05, 0) is 59.7 Å². The lowest BCUT2D eigenvalue weighted by Crippen LogP contribution is -2.29. The molecule has 0 aliphatic heterocycles. The van der Waals surface area contributed by atoms with Gasteiger partial charge < -0.3 is 15.4 Å². The Hall–Kier alpha value is -1.74. The van der Waals surface area contributed by atoms with Gasteiger partial charge in [0.05, 0.1) is 28.6 Å². The van der Waals surface area contributed by atoms with Crippen LogP contribution in [0, 0.1) is 6.92 Å². The fourth-order valence-electron chi connectivity index (χ4n) is 2.09. The minimum absolute atomic E-state index is 0.0499. The normalized spacial score (nSPS) is 10.8. The van der Waals surface area contributed by atoms with Crippen molar-refractivity contribution in [3.8, 4) is 5.75 Å². The highest BCUT2D eigenvalue weighted by Crippen LogP contribution is 2.27. The van der Waals surface area contributed by atoms with Crippen LogP contribution in [0.2, 0.25) is 0 Å². The van der Waals surface area contributed by atoms with E-state index < -0.39 is 6.61 Å². The van der Waals surface area contributed by atoms with Gasteiger partial charge in [-0.25, -0.2) is 0 Å². The summed E-state index contributed by atoms with van der Waals surface area (Å²) in [5, 5.41) is 10.4. The highest BCUT2D eigenvalue weighted by Gasteiger charge is 2.12. The Morgan fingerprint density at radius 2 is 2.21 bits per heavy atom. The maximum Gasteiger partial charge on any atom is 0.387 e. The third-order valence-corrected chi connectivity index (χ3v) is 4.12. The Bertz CT molecular complexity index is 723. The van der Waals surface area contributed by atoms with Crippen LogP contribution in [0.15, 0.2) is 28.9 Å². The Kier molecular flexibility index (Phi) is 6.50. The first kappa shape index (κ1) is 18.6. The molecule has 0 aliphatic carbocycles. The van der Waals surface area contributed by atoms with E-state index in [1.54, 1.807) is 25.3 Å². The summed E-state index contributed by atoms with van der Waals surface area (Å²) in [5.74, 6) is 0.0499. The number of aryl methyl sites for hydroxylation is 2. The maximum absolute atomic E-state index is 12.5. The zero-order valence-corrected chi connectivity index (χ0v) is 15.5. The second-order valence-corrected chi connectivity index (χ2v) is 6.20.